The average molecular weight is 360 g/mol. The molecular formula is C16H17FN6OS. The molecule has 1 saturated carbocycles. The molecule has 3 heterocycles. The minimum Gasteiger partial charge on any atom is -0.317 e. The number of rotatable bonds is 3. The number of thiol groups is 1. The molecule has 7 nitrogen and oxygen atoms in total. The van der Waals surface area contributed by atoms with Crippen molar-refractivity contribution < 1.29 is 9.18 Å². The number of nitrogens with one attached hydrogen (secondary N) is 1. The molecule has 0 bridgehead atoms. The number of hydrogen-bond donors (Lipinski definition) is 2. The summed E-state index contributed by atoms with van der Waals surface area (Å²) in [5.74, 6) is -1.16. The van der Waals surface area contributed by atoms with Crippen molar-refractivity contribution in [2.24, 2.45) is 0 Å². The molecule has 1 N–H and O–H groups in total. The normalized spacial score (nSPS) is 20.7. The number of hydrogen-bond acceptors (Lipinski definition) is 5. The van der Waals surface area contributed by atoms with Gasteiger partial charge in [0.15, 0.2) is 5.65 Å². The summed E-state index contributed by atoms with van der Waals surface area (Å²) in [5, 5.41) is 11.0. The maximum atomic E-state index is 14.2. The van der Waals surface area contributed by atoms with E-state index in [-0.39, 0.29) is 17.3 Å². The highest BCUT2D eigenvalue weighted by Crippen LogP contribution is 2.31. The quantitative estimate of drug-likeness (QED) is 0.704. The molecule has 1 aliphatic carbocycles. The van der Waals surface area contributed by atoms with Crippen LogP contribution in [0.2, 0.25) is 0 Å². The largest absolute Gasteiger partial charge is 0.317 e. The first-order chi connectivity index (χ1) is 12.1. The lowest BCUT2D eigenvalue weighted by Gasteiger charge is -2.25. The van der Waals surface area contributed by atoms with Gasteiger partial charge >= 0.3 is 0 Å². The Hall–Kier alpha value is -2.42. The third-order valence-corrected chi connectivity index (χ3v) is 5.02. The second kappa shape index (κ2) is 6.47. The summed E-state index contributed by atoms with van der Waals surface area (Å²) >= 11 is 4.47. The van der Waals surface area contributed by atoms with Crippen LogP contribution in [0.4, 0.5) is 10.1 Å². The van der Waals surface area contributed by atoms with E-state index < -0.39 is 11.9 Å². The highest BCUT2D eigenvalue weighted by Gasteiger charge is 2.23. The highest BCUT2D eigenvalue weighted by molar-refractivity contribution is 7.80. The smallest absolute Gasteiger partial charge is 0.261 e. The zero-order valence-electron chi connectivity index (χ0n) is 13.3. The maximum Gasteiger partial charge on any atom is 0.261 e. The topological polar surface area (TPSA) is 77.1 Å². The van der Waals surface area contributed by atoms with Gasteiger partial charge in [-0.25, -0.2) is 9.50 Å². The van der Waals surface area contributed by atoms with E-state index in [0.29, 0.717) is 10.9 Å². The van der Waals surface area contributed by atoms with Gasteiger partial charge in [0.2, 0.25) is 0 Å². The summed E-state index contributed by atoms with van der Waals surface area (Å²) in [4.78, 5) is 16.6. The van der Waals surface area contributed by atoms with Gasteiger partial charge in [-0.1, -0.05) is 0 Å². The molecule has 0 spiro atoms. The van der Waals surface area contributed by atoms with E-state index in [4.69, 9.17) is 0 Å². The monoisotopic (exact) mass is 360 g/mol. The first kappa shape index (κ1) is 16.1. The average Bonchev–Trinajstić information content (AvgIpc) is 3.20. The molecular weight excluding hydrogens is 343 g/mol. The number of aromatic nitrogens is 5. The molecule has 1 fully saturated rings. The molecule has 0 unspecified atom stereocenters. The Bertz CT molecular complexity index is 914. The van der Waals surface area contributed by atoms with Crippen molar-refractivity contribution >= 4 is 29.9 Å². The molecule has 0 saturated heterocycles. The van der Waals surface area contributed by atoms with Gasteiger partial charge in [0, 0.05) is 17.6 Å². The summed E-state index contributed by atoms with van der Waals surface area (Å²) in [5.41, 5.74) is 0.761. The number of nitrogens with zero attached hydrogens (tertiary/aromatic N) is 5. The Balaban J connectivity index is 1.53. The van der Waals surface area contributed by atoms with Crippen LogP contribution in [0.25, 0.3) is 5.65 Å². The van der Waals surface area contributed by atoms with Crippen LogP contribution in [0.3, 0.4) is 0 Å². The minimum atomic E-state index is -0.689. The molecule has 0 aromatic carbocycles. The fourth-order valence-electron chi connectivity index (χ4n) is 3.14. The highest BCUT2D eigenvalue weighted by atomic mass is 32.1. The van der Waals surface area contributed by atoms with Crippen molar-refractivity contribution in [2.45, 2.75) is 37.0 Å². The van der Waals surface area contributed by atoms with Gasteiger partial charge in [0.25, 0.3) is 11.9 Å². The van der Waals surface area contributed by atoms with E-state index in [2.05, 4.69) is 33.1 Å². The third-order valence-electron chi connectivity index (χ3n) is 4.50. The Morgan fingerprint density at radius 1 is 1.32 bits per heavy atom. The number of anilines is 1. The molecule has 130 valence electrons. The van der Waals surface area contributed by atoms with Gasteiger partial charge in [-0.2, -0.15) is 22.1 Å². The van der Waals surface area contributed by atoms with Gasteiger partial charge < -0.3 is 5.32 Å². The number of halogens is 1. The molecule has 1 aliphatic rings. The lowest BCUT2D eigenvalue weighted by Crippen LogP contribution is -2.18. The van der Waals surface area contributed by atoms with Crippen LogP contribution in [-0.2, 0) is 0 Å². The number of amides is 1. The summed E-state index contributed by atoms with van der Waals surface area (Å²) in [7, 11) is 0. The van der Waals surface area contributed by atoms with Crippen LogP contribution in [0, 0.1) is 5.95 Å². The molecule has 3 aromatic heterocycles. The lowest BCUT2D eigenvalue weighted by molar-refractivity contribution is 0.102. The van der Waals surface area contributed by atoms with Crippen LogP contribution < -0.4 is 5.32 Å². The van der Waals surface area contributed by atoms with Crippen molar-refractivity contribution in [3.05, 3.63) is 42.4 Å². The molecule has 3 aromatic rings. The van der Waals surface area contributed by atoms with E-state index in [1.165, 1.54) is 10.7 Å². The molecule has 25 heavy (non-hydrogen) atoms. The lowest BCUT2D eigenvalue weighted by atomic mass is 9.95. The zero-order valence-corrected chi connectivity index (χ0v) is 14.2. The predicted octanol–water partition coefficient (Wildman–Crippen LogP) is 2.73. The van der Waals surface area contributed by atoms with Crippen LogP contribution in [0.15, 0.2) is 30.9 Å². The van der Waals surface area contributed by atoms with Crippen LogP contribution in [-0.4, -0.2) is 35.5 Å². The molecule has 0 radical (unpaired) electrons. The maximum absolute atomic E-state index is 14.2. The van der Waals surface area contributed by atoms with Crippen molar-refractivity contribution in [2.75, 3.05) is 5.32 Å². The molecule has 1 amide bonds. The second-order valence-electron chi connectivity index (χ2n) is 6.18. The van der Waals surface area contributed by atoms with Crippen LogP contribution in [0.5, 0.6) is 0 Å². The molecule has 0 atom stereocenters. The first-order valence-electron chi connectivity index (χ1n) is 8.14. The Morgan fingerprint density at radius 2 is 2.12 bits per heavy atom. The van der Waals surface area contributed by atoms with Gasteiger partial charge in [-0.15, -0.1) is 5.10 Å². The SMILES string of the molecule is O=C(Nc1cn(C2CCC(S)CC2)nc1F)c1cnn2cccnc12. The van der Waals surface area contributed by atoms with Gasteiger partial charge in [-0.3, -0.25) is 9.48 Å². The first-order valence-corrected chi connectivity index (χ1v) is 8.66. The van der Waals surface area contributed by atoms with E-state index >= 15 is 0 Å². The Morgan fingerprint density at radius 3 is 2.92 bits per heavy atom. The molecule has 0 aliphatic heterocycles. The number of carbonyl (C=O) groups excluding carboxylic acids is 1. The van der Waals surface area contributed by atoms with Crippen molar-refractivity contribution in [3.63, 3.8) is 0 Å². The fraction of sp³-hybridized carbons (Fsp3) is 0.375. The Kier molecular flexibility index (Phi) is 4.16. The standard InChI is InChI=1S/C16H17FN6OS/c17-14-13(9-23(21-14)10-2-4-11(25)5-3-10)20-16(24)12-8-19-22-7-1-6-18-15(12)22/h1,6-11,25H,2-5H2,(H,20,24). The molecule has 9 heteroatoms. The summed E-state index contributed by atoms with van der Waals surface area (Å²) in [6.07, 6.45) is 9.99. The molecule has 4 rings (SSSR count). The summed E-state index contributed by atoms with van der Waals surface area (Å²) < 4.78 is 17.3. The van der Waals surface area contributed by atoms with Crippen molar-refractivity contribution in [3.8, 4) is 0 Å². The second-order valence-corrected chi connectivity index (χ2v) is 6.91. The minimum absolute atomic E-state index is 0.0632. The zero-order chi connectivity index (χ0) is 17.4. The van der Waals surface area contributed by atoms with E-state index in [9.17, 15) is 9.18 Å². The number of fused-ring (bicyclic) bond motifs is 1. The van der Waals surface area contributed by atoms with E-state index in [1.807, 2.05) is 0 Å². The predicted molar refractivity (Wildman–Crippen MR) is 93.4 cm³/mol. The Labute approximate surface area is 148 Å². The fourth-order valence-corrected chi connectivity index (χ4v) is 3.44. The van der Waals surface area contributed by atoms with Crippen LogP contribution in [0.1, 0.15) is 42.1 Å². The van der Waals surface area contributed by atoms with E-state index in [1.54, 1.807) is 29.3 Å². The van der Waals surface area contributed by atoms with Crippen molar-refractivity contribution in [1.82, 2.24) is 24.4 Å². The number of carbonyl (C=O) groups is 1. The van der Waals surface area contributed by atoms with Crippen molar-refractivity contribution in [1.29, 1.82) is 0 Å². The third kappa shape index (κ3) is 3.11. The van der Waals surface area contributed by atoms with Crippen LogP contribution >= 0.6 is 12.6 Å². The van der Waals surface area contributed by atoms with E-state index in [0.717, 1.165) is 25.7 Å². The van der Waals surface area contributed by atoms with Gasteiger partial charge in [0.1, 0.15) is 11.3 Å². The summed E-state index contributed by atoms with van der Waals surface area (Å²) in [6.45, 7) is 0. The summed E-state index contributed by atoms with van der Waals surface area (Å²) in [6, 6.07) is 1.85. The van der Waals surface area contributed by atoms with Gasteiger partial charge in [0.05, 0.1) is 18.4 Å². The van der Waals surface area contributed by atoms with Gasteiger partial charge in [-0.05, 0) is 31.7 Å².